The molecule has 1 aromatic rings. The number of nitrogens with zero attached hydrogens (tertiary/aromatic N) is 2. The monoisotopic (exact) mass is 237 g/mol. The second-order valence-corrected chi connectivity index (χ2v) is 5.27. The topological polar surface area (TPSA) is 39.1 Å². The summed E-state index contributed by atoms with van der Waals surface area (Å²) < 4.78 is 8.06. The minimum absolute atomic E-state index is 0.154. The number of imidazole rings is 1. The van der Waals surface area contributed by atoms with Crippen molar-refractivity contribution in [3.05, 3.63) is 18.2 Å². The van der Waals surface area contributed by atoms with E-state index in [1.807, 2.05) is 12.5 Å². The summed E-state index contributed by atoms with van der Waals surface area (Å²) in [5, 5.41) is 3.36. The summed E-state index contributed by atoms with van der Waals surface area (Å²) in [6, 6.07) is 0.484. The van der Waals surface area contributed by atoms with Gasteiger partial charge in [0, 0.05) is 19.1 Å². The molecule has 1 fully saturated rings. The first-order valence-electron chi connectivity index (χ1n) is 6.52. The maximum Gasteiger partial charge on any atom is 0.111 e. The van der Waals surface area contributed by atoms with Gasteiger partial charge in [-0.25, -0.2) is 4.98 Å². The van der Waals surface area contributed by atoms with Gasteiger partial charge in [0.25, 0.3) is 0 Å². The molecule has 2 rings (SSSR count). The van der Waals surface area contributed by atoms with E-state index in [9.17, 15) is 0 Å². The van der Waals surface area contributed by atoms with E-state index in [4.69, 9.17) is 4.74 Å². The predicted molar refractivity (Wildman–Crippen MR) is 68.0 cm³/mol. The number of nitrogens with one attached hydrogen (secondary N) is 1. The van der Waals surface area contributed by atoms with Gasteiger partial charge in [-0.1, -0.05) is 13.8 Å². The molecule has 1 aliphatic rings. The molecule has 0 bridgehead atoms. The van der Waals surface area contributed by atoms with Gasteiger partial charge in [-0.15, -0.1) is 0 Å². The molecule has 1 aliphatic heterocycles. The van der Waals surface area contributed by atoms with Gasteiger partial charge in [-0.3, -0.25) is 0 Å². The molecule has 0 spiro atoms. The highest BCUT2D eigenvalue weighted by molar-refractivity contribution is 5.06. The third kappa shape index (κ3) is 3.07. The molecule has 2 heterocycles. The van der Waals surface area contributed by atoms with E-state index >= 15 is 0 Å². The van der Waals surface area contributed by atoms with Crippen LogP contribution in [0.4, 0.5) is 0 Å². The summed E-state index contributed by atoms with van der Waals surface area (Å²) in [6.45, 7) is 9.39. The van der Waals surface area contributed by atoms with E-state index in [2.05, 4.69) is 35.6 Å². The Kier molecular flexibility index (Phi) is 4.18. The van der Waals surface area contributed by atoms with E-state index in [1.54, 1.807) is 0 Å². The second-order valence-electron chi connectivity index (χ2n) is 5.27. The molecule has 96 valence electrons. The van der Waals surface area contributed by atoms with E-state index in [1.165, 1.54) is 12.1 Å². The SMILES string of the molecule is CC(C)CC(C)n1cncc1C1CNCCO1. The van der Waals surface area contributed by atoms with E-state index < -0.39 is 0 Å². The zero-order valence-corrected chi connectivity index (χ0v) is 11.0. The molecular formula is C13H23N3O. The number of rotatable bonds is 4. The molecule has 4 heteroatoms. The van der Waals surface area contributed by atoms with Crippen molar-refractivity contribution < 1.29 is 4.74 Å². The minimum Gasteiger partial charge on any atom is -0.369 e. The van der Waals surface area contributed by atoms with Crippen molar-refractivity contribution in [1.29, 1.82) is 0 Å². The van der Waals surface area contributed by atoms with Crippen LogP contribution >= 0.6 is 0 Å². The van der Waals surface area contributed by atoms with Crippen LogP contribution in [0.5, 0.6) is 0 Å². The summed E-state index contributed by atoms with van der Waals surface area (Å²) in [5.74, 6) is 0.700. The average molecular weight is 237 g/mol. The van der Waals surface area contributed by atoms with Gasteiger partial charge in [0.1, 0.15) is 6.10 Å². The molecule has 4 nitrogen and oxygen atoms in total. The summed E-state index contributed by atoms with van der Waals surface area (Å²) in [4.78, 5) is 4.28. The van der Waals surface area contributed by atoms with Crippen molar-refractivity contribution in [1.82, 2.24) is 14.9 Å². The van der Waals surface area contributed by atoms with Gasteiger partial charge in [0.15, 0.2) is 0 Å². The average Bonchev–Trinajstić information content (AvgIpc) is 2.78. The Morgan fingerprint density at radius 1 is 1.53 bits per heavy atom. The highest BCUT2D eigenvalue weighted by atomic mass is 16.5. The van der Waals surface area contributed by atoms with Crippen molar-refractivity contribution in [3.63, 3.8) is 0 Å². The maximum atomic E-state index is 5.79. The van der Waals surface area contributed by atoms with Crippen molar-refractivity contribution in [2.75, 3.05) is 19.7 Å². The maximum absolute atomic E-state index is 5.79. The lowest BCUT2D eigenvalue weighted by Gasteiger charge is -2.27. The van der Waals surface area contributed by atoms with Crippen molar-refractivity contribution >= 4 is 0 Å². The largest absolute Gasteiger partial charge is 0.369 e. The van der Waals surface area contributed by atoms with Crippen LogP contribution in [0.1, 0.15) is 45.0 Å². The van der Waals surface area contributed by atoms with Crippen LogP contribution in [0.15, 0.2) is 12.5 Å². The van der Waals surface area contributed by atoms with Crippen LogP contribution in [0.3, 0.4) is 0 Å². The Morgan fingerprint density at radius 3 is 3.00 bits per heavy atom. The number of hydrogen-bond donors (Lipinski definition) is 1. The van der Waals surface area contributed by atoms with Crippen molar-refractivity contribution in [2.45, 2.75) is 39.3 Å². The van der Waals surface area contributed by atoms with Gasteiger partial charge < -0.3 is 14.6 Å². The molecule has 1 saturated heterocycles. The van der Waals surface area contributed by atoms with Crippen LogP contribution in [0.25, 0.3) is 0 Å². The Morgan fingerprint density at radius 2 is 2.35 bits per heavy atom. The predicted octanol–water partition coefficient (Wildman–Crippen LogP) is 2.15. The number of ether oxygens (including phenoxy) is 1. The summed E-state index contributed by atoms with van der Waals surface area (Å²) in [6.07, 6.45) is 5.19. The summed E-state index contributed by atoms with van der Waals surface area (Å²) in [5.41, 5.74) is 1.20. The van der Waals surface area contributed by atoms with Crippen molar-refractivity contribution in [2.24, 2.45) is 5.92 Å². The van der Waals surface area contributed by atoms with Crippen LogP contribution in [0, 0.1) is 5.92 Å². The van der Waals surface area contributed by atoms with Crippen molar-refractivity contribution in [3.8, 4) is 0 Å². The quantitative estimate of drug-likeness (QED) is 0.872. The van der Waals surface area contributed by atoms with Gasteiger partial charge >= 0.3 is 0 Å². The molecule has 0 amide bonds. The zero-order chi connectivity index (χ0) is 12.3. The zero-order valence-electron chi connectivity index (χ0n) is 11.0. The highest BCUT2D eigenvalue weighted by Crippen LogP contribution is 2.24. The molecule has 17 heavy (non-hydrogen) atoms. The second kappa shape index (κ2) is 5.65. The minimum atomic E-state index is 0.154. The Hall–Kier alpha value is -0.870. The van der Waals surface area contributed by atoms with Crippen LogP contribution in [-0.4, -0.2) is 29.2 Å². The smallest absolute Gasteiger partial charge is 0.111 e. The lowest BCUT2D eigenvalue weighted by atomic mass is 10.0. The molecule has 0 saturated carbocycles. The Bertz CT molecular complexity index is 342. The fourth-order valence-electron chi connectivity index (χ4n) is 2.48. The lowest BCUT2D eigenvalue weighted by molar-refractivity contribution is 0.0219. The fourth-order valence-corrected chi connectivity index (χ4v) is 2.48. The fraction of sp³-hybridized carbons (Fsp3) is 0.769. The molecule has 2 atom stereocenters. The van der Waals surface area contributed by atoms with E-state index in [0.29, 0.717) is 12.0 Å². The molecule has 0 radical (unpaired) electrons. The number of aromatic nitrogens is 2. The first kappa shape index (κ1) is 12.6. The number of morpholine rings is 1. The molecule has 0 aromatic carbocycles. The van der Waals surface area contributed by atoms with E-state index in [-0.39, 0.29) is 6.10 Å². The van der Waals surface area contributed by atoms with Gasteiger partial charge in [0.2, 0.25) is 0 Å². The number of hydrogen-bond acceptors (Lipinski definition) is 3. The summed E-state index contributed by atoms with van der Waals surface area (Å²) >= 11 is 0. The molecule has 0 aliphatic carbocycles. The lowest BCUT2D eigenvalue weighted by Crippen LogP contribution is -2.34. The summed E-state index contributed by atoms with van der Waals surface area (Å²) in [7, 11) is 0. The molecule has 1 N–H and O–H groups in total. The van der Waals surface area contributed by atoms with Crippen LogP contribution < -0.4 is 5.32 Å². The molecular weight excluding hydrogens is 214 g/mol. The third-order valence-corrected chi connectivity index (χ3v) is 3.24. The van der Waals surface area contributed by atoms with Crippen LogP contribution in [0.2, 0.25) is 0 Å². The molecule has 1 aromatic heterocycles. The van der Waals surface area contributed by atoms with Crippen LogP contribution in [-0.2, 0) is 4.74 Å². The normalized spacial score (nSPS) is 22.9. The first-order valence-corrected chi connectivity index (χ1v) is 6.52. The third-order valence-electron chi connectivity index (χ3n) is 3.24. The first-order chi connectivity index (χ1) is 8.18. The Balaban J connectivity index is 2.09. The van der Waals surface area contributed by atoms with Gasteiger partial charge in [-0.05, 0) is 19.3 Å². The van der Waals surface area contributed by atoms with Gasteiger partial charge in [-0.2, -0.15) is 0 Å². The Labute approximate surface area is 103 Å². The van der Waals surface area contributed by atoms with E-state index in [0.717, 1.165) is 19.7 Å². The molecule has 2 unspecified atom stereocenters. The highest BCUT2D eigenvalue weighted by Gasteiger charge is 2.21. The van der Waals surface area contributed by atoms with Gasteiger partial charge in [0.05, 0.1) is 24.8 Å². The standard InChI is InChI=1S/C13H23N3O/c1-10(2)6-11(3)16-9-15-7-12(16)13-8-14-4-5-17-13/h7,9-11,13-14H,4-6,8H2,1-3H3.